The normalized spacial score (nSPS) is 11.1. The smallest absolute Gasteiger partial charge is 0.103 e. The van der Waals surface area contributed by atoms with Gasteiger partial charge < -0.3 is 0 Å². The van der Waals surface area contributed by atoms with Crippen LogP contribution in [0, 0.1) is 0 Å². The number of halogens is 1. The molecule has 0 aromatic rings. The molecule has 0 heterocycles. The third-order valence-electron chi connectivity index (χ3n) is 1.68. The Morgan fingerprint density at radius 3 is 2.00 bits per heavy atom. The molecule has 0 spiro atoms. The first-order valence-electron chi connectivity index (χ1n) is 4.72. The number of hydrogen-bond donors (Lipinski definition) is 0. The summed E-state index contributed by atoms with van der Waals surface area (Å²) in [7, 11) is 0. The molecule has 0 saturated heterocycles. The minimum Gasteiger partial charge on any atom is -0.154 e. The number of hydrogen-bond acceptors (Lipinski definition) is 4. The van der Waals surface area contributed by atoms with Gasteiger partial charge in [0.05, 0.1) is 0 Å². The Morgan fingerprint density at radius 1 is 1.08 bits per heavy atom. The van der Waals surface area contributed by atoms with Gasteiger partial charge in [-0.1, -0.05) is 31.1 Å². The van der Waals surface area contributed by atoms with Crippen molar-refractivity contribution in [2.45, 2.75) is 39.5 Å². The zero-order valence-electron chi connectivity index (χ0n) is 8.29. The van der Waals surface area contributed by atoms with E-state index in [9.17, 15) is 0 Å². The highest BCUT2D eigenvalue weighted by molar-refractivity contribution is 6.06. The van der Waals surface area contributed by atoms with E-state index < -0.39 is 0 Å². The van der Waals surface area contributed by atoms with Crippen molar-refractivity contribution in [3.05, 3.63) is 0 Å². The molecule has 0 bridgehead atoms. The van der Waals surface area contributed by atoms with Crippen LogP contribution in [0.2, 0.25) is 0 Å². The number of hydroxylamine groups is 2. The van der Waals surface area contributed by atoms with Crippen molar-refractivity contribution in [1.29, 1.82) is 0 Å². The maximum Gasteiger partial charge on any atom is 0.103 e. The van der Waals surface area contributed by atoms with Crippen LogP contribution in [-0.2, 0) is 14.5 Å². The minimum atomic E-state index is 0.830. The number of nitrogens with zero attached hydrogens (tertiary/aromatic N) is 1. The summed E-state index contributed by atoms with van der Waals surface area (Å²) in [6, 6.07) is 0. The van der Waals surface area contributed by atoms with Crippen molar-refractivity contribution in [2.24, 2.45) is 0 Å². The lowest BCUT2D eigenvalue weighted by atomic mass is 10.3. The van der Waals surface area contributed by atoms with E-state index in [1.807, 2.05) is 0 Å². The average Bonchev–Trinajstić information content (AvgIpc) is 2.17. The molecule has 0 aliphatic carbocycles. The second kappa shape index (κ2) is 10.2. The van der Waals surface area contributed by atoms with Gasteiger partial charge in [-0.05, 0) is 17.9 Å². The van der Waals surface area contributed by atoms with Gasteiger partial charge in [-0.25, -0.2) is 0 Å². The zero-order valence-corrected chi connectivity index (χ0v) is 9.05. The lowest BCUT2D eigenvalue weighted by Crippen LogP contribution is -2.26. The second-order valence-electron chi connectivity index (χ2n) is 2.84. The summed E-state index contributed by atoms with van der Waals surface area (Å²) in [5.74, 6) is 0. The minimum absolute atomic E-state index is 0.830. The summed E-state index contributed by atoms with van der Waals surface area (Å²) in [6.45, 7) is 5.90. The molecule has 0 aromatic carbocycles. The summed E-state index contributed by atoms with van der Waals surface area (Å²) in [5, 5.41) is 5.88. The lowest BCUT2D eigenvalue weighted by Gasteiger charge is -2.17. The highest BCUT2D eigenvalue weighted by atomic mass is 35.5. The number of rotatable bonds is 9. The van der Waals surface area contributed by atoms with E-state index >= 15 is 0 Å². The van der Waals surface area contributed by atoms with Crippen molar-refractivity contribution in [2.75, 3.05) is 13.1 Å². The molecular formula is C8H18ClNO3. The standard InChI is InChI=1S/C8H18ClNO3/c1-3-5-7-10(8-6-4-2)12-13-11-9/h3-8H2,1-2H3. The topological polar surface area (TPSA) is 30.9 Å². The summed E-state index contributed by atoms with van der Waals surface area (Å²) in [4.78, 5) is 4.77. The largest absolute Gasteiger partial charge is 0.154 e. The Kier molecular flexibility index (Phi) is 10.3. The van der Waals surface area contributed by atoms with Gasteiger partial charge in [0.15, 0.2) is 0 Å². The van der Waals surface area contributed by atoms with Gasteiger partial charge in [-0.15, -0.1) is 4.99 Å². The van der Waals surface area contributed by atoms with Gasteiger partial charge in [-0.3, -0.25) is 0 Å². The van der Waals surface area contributed by atoms with E-state index in [4.69, 9.17) is 16.9 Å². The molecule has 0 unspecified atom stereocenters. The first-order valence-corrected chi connectivity index (χ1v) is 5.03. The monoisotopic (exact) mass is 211 g/mol. The maximum atomic E-state index is 4.84. The van der Waals surface area contributed by atoms with Crippen molar-refractivity contribution in [1.82, 2.24) is 5.06 Å². The van der Waals surface area contributed by atoms with Gasteiger partial charge in [-0.2, -0.15) is 5.06 Å². The summed E-state index contributed by atoms with van der Waals surface area (Å²) in [6.07, 6.45) is 4.37. The molecule has 80 valence electrons. The predicted octanol–water partition coefficient (Wildman–Crippen LogP) is 2.84. The molecule has 5 heteroatoms. The summed E-state index contributed by atoms with van der Waals surface area (Å²) >= 11 is 4.84. The van der Waals surface area contributed by atoms with E-state index in [1.54, 1.807) is 5.06 Å². The van der Waals surface area contributed by atoms with E-state index in [0.29, 0.717) is 0 Å². The zero-order chi connectivity index (χ0) is 9.94. The van der Waals surface area contributed by atoms with Crippen molar-refractivity contribution < 1.29 is 14.5 Å². The molecule has 0 aliphatic heterocycles. The Balaban J connectivity index is 3.47. The quantitative estimate of drug-likeness (QED) is 0.434. The van der Waals surface area contributed by atoms with Crippen molar-refractivity contribution in [3.63, 3.8) is 0 Å². The molecule has 4 nitrogen and oxygen atoms in total. The third kappa shape index (κ3) is 8.46. The SMILES string of the molecule is CCCCN(CCCC)OOOCl. The van der Waals surface area contributed by atoms with Crippen LogP contribution in [0.1, 0.15) is 39.5 Å². The molecule has 0 radical (unpaired) electrons. The lowest BCUT2D eigenvalue weighted by molar-refractivity contribution is -0.547. The van der Waals surface area contributed by atoms with E-state index in [0.717, 1.165) is 38.8 Å². The first kappa shape index (κ1) is 13.1. The number of unbranched alkanes of at least 4 members (excludes halogenated alkanes) is 2. The van der Waals surface area contributed by atoms with Crippen LogP contribution in [0.5, 0.6) is 0 Å². The highest BCUT2D eigenvalue weighted by Crippen LogP contribution is 2.01. The Bertz CT molecular complexity index is 86.4. The molecule has 0 fully saturated rings. The molecule has 0 atom stereocenters. The van der Waals surface area contributed by atoms with Crippen LogP contribution < -0.4 is 0 Å². The Hall–Kier alpha value is 0.130. The van der Waals surface area contributed by atoms with Gasteiger partial charge in [0.1, 0.15) is 11.9 Å². The van der Waals surface area contributed by atoms with Crippen molar-refractivity contribution in [3.8, 4) is 0 Å². The second-order valence-corrected chi connectivity index (χ2v) is 2.97. The predicted molar refractivity (Wildman–Crippen MR) is 50.5 cm³/mol. The molecule has 0 N–H and O–H groups in total. The highest BCUT2D eigenvalue weighted by Gasteiger charge is 2.05. The van der Waals surface area contributed by atoms with Gasteiger partial charge in [0, 0.05) is 13.1 Å². The summed E-state index contributed by atoms with van der Waals surface area (Å²) in [5.41, 5.74) is 0. The molecule has 0 saturated carbocycles. The van der Waals surface area contributed by atoms with E-state index in [2.05, 4.69) is 23.3 Å². The fourth-order valence-corrected chi connectivity index (χ4v) is 0.933. The molecule has 13 heavy (non-hydrogen) atoms. The molecular weight excluding hydrogens is 194 g/mol. The van der Waals surface area contributed by atoms with Crippen LogP contribution in [0.25, 0.3) is 0 Å². The average molecular weight is 212 g/mol. The molecule has 0 aromatic heterocycles. The van der Waals surface area contributed by atoms with Crippen LogP contribution in [0.4, 0.5) is 0 Å². The molecule has 0 rings (SSSR count). The third-order valence-corrected chi connectivity index (χ3v) is 1.74. The van der Waals surface area contributed by atoms with Crippen LogP contribution in [0.15, 0.2) is 0 Å². The summed E-state index contributed by atoms with van der Waals surface area (Å²) < 4.78 is 3.84. The van der Waals surface area contributed by atoms with Crippen LogP contribution >= 0.6 is 11.9 Å². The van der Waals surface area contributed by atoms with Gasteiger partial charge in [0.25, 0.3) is 0 Å². The maximum absolute atomic E-state index is 4.84. The van der Waals surface area contributed by atoms with Gasteiger partial charge >= 0.3 is 0 Å². The van der Waals surface area contributed by atoms with E-state index in [-0.39, 0.29) is 0 Å². The fourth-order valence-electron chi connectivity index (χ4n) is 0.910. The molecule has 0 amide bonds. The fraction of sp³-hybridized carbons (Fsp3) is 1.00. The molecule has 0 aliphatic rings. The Labute approximate surface area is 84.7 Å². The van der Waals surface area contributed by atoms with Gasteiger partial charge in [0.2, 0.25) is 0 Å². The van der Waals surface area contributed by atoms with Crippen LogP contribution in [-0.4, -0.2) is 18.2 Å². The van der Waals surface area contributed by atoms with E-state index in [1.165, 1.54) is 0 Å². The first-order chi connectivity index (χ1) is 6.35. The Morgan fingerprint density at radius 2 is 1.62 bits per heavy atom. The van der Waals surface area contributed by atoms with Crippen molar-refractivity contribution >= 4 is 11.9 Å². The van der Waals surface area contributed by atoms with Crippen LogP contribution in [0.3, 0.4) is 0 Å².